The molecular weight excluding hydrogens is 490 g/mol. The molecule has 0 amide bonds. The normalized spacial score (nSPS) is 14.7. The van der Waals surface area contributed by atoms with Gasteiger partial charge in [0.25, 0.3) is 0 Å². The van der Waals surface area contributed by atoms with Crippen LogP contribution in [0.5, 0.6) is 5.88 Å². The lowest BCUT2D eigenvalue weighted by Crippen LogP contribution is -2.46. The van der Waals surface area contributed by atoms with Crippen molar-refractivity contribution in [2.24, 2.45) is 10.7 Å². The average Bonchev–Trinajstić information content (AvgIpc) is 3.40. The summed E-state index contributed by atoms with van der Waals surface area (Å²) in [7, 11) is 1.70. The molecule has 0 radical (unpaired) electrons. The monoisotopic (exact) mass is 521 g/mol. The van der Waals surface area contributed by atoms with Gasteiger partial charge in [-0.25, -0.2) is 14.5 Å². The molecule has 10 heteroatoms. The van der Waals surface area contributed by atoms with Crippen molar-refractivity contribution < 1.29 is 4.74 Å². The first kappa shape index (κ1) is 25.9. The zero-order valence-electron chi connectivity index (χ0n) is 22.2. The topological polar surface area (TPSA) is 121 Å². The third kappa shape index (κ3) is 5.58. The summed E-state index contributed by atoms with van der Waals surface area (Å²) in [5.74, 6) is 1.60. The number of nitriles is 1. The van der Waals surface area contributed by atoms with E-state index in [1.54, 1.807) is 24.0 Å². The van der Waals surface area contributed by atoms with Crippen molar-refractivity contribution in [2.45, 2.75) is 13.5 Å². The first-order valence-electron chi connectivity index (χ1n) is 12.9. The summed E-state index contributed by atoms with van der Waals surface area (Å²) >= 11 is 0. The first-order valence-corrected chi connectivity index (χ1v) is 12.9. The lowest BCUT2D eigenvalue weighted by atomic mass is 10.0. The van der Waals surface area contributed by atoms with Crippen LogP contribution in [-0.4, -0.2) is 70.5 Å². The number of rotatable bonds is 8. The van der Waals surface area contributed by atoms with Gasteiger partial charge in [0.1, 0.15) is 11.9 Å². The molecule has 1 aliphatic heterocycles. The van der Waals surface area contributed by atoms with Crippen LogP contribution in [0.3, 0.4) is 0 Å². The third-order valence-corrected chi connectivity index (χ3v) is 6.76. The second-order valence-electron chi connectivity index (χ2n) is 9.22. The fraction of sp³-hybridized carbons (Fsp3) is 0.276. The van der Waals surface area contributed by atoms with Crippen molar-refractivity contribution >= 4 is 23.1 Å². The van der Waals surface area contributed by atoms with Crippen molar-refractivity contribution in [3.63, 3.8) is 0 Å². The lowest BCUT2D eigenvalue weighted by Gasteiger charge is -2.35. The summed E-state index contributed by atoms with van der Waals surface area (Å²) in [5, 5.41) is 14.1. The van der Waals surface area contributed by atoms with Gasteiger partial charge in [0.2, 0.25) is 5.88 Å². The van der Waals surface area contributed by atoms with Crippen molar-refractivity contribution in [2.75, 3.05) is 44.7 Å². The third-order valence-electron chi connectivity index (χ3n) is 6.76. The number of nitrogens with zero attached hydrogens (tertiary/aromatic N) is 8. The SMILES string of the molecule is CCOc1ccc(CN2CCN(c3ccc(-c4cc(C(C=NC)=CN)cn5ncc(C#N)c45)cn3)CC2)cn1. The predicted octanol–water partition coefficient (Wildman–Crippen LogP) is 3.38. The van der Waals surface area contributed by atoms with Gasteiger partial charge in [0.05, 0.1) is 23.9 Å². The van der Waals surface area contributed by atoms with Gasteiger partial charge in [0.15, 0.2) is 0 Å². The zero-order chi connectivity index (χ0) is 27.2. The van der Waals surface area contributed by atoms with Crippen molar-refractivity contribution in [1.29, 1.82) is 5.26 Å². The highest BCUT2D eigenvalue weighted by atomic mass is 16.5. The molecule has 0 aromatic carbocycles. The van der Waals surface area contributed by atoms with Gasteiger partial charge in [-0.15, -0.1) is 0 Å². The molecule has 2 N–H and O–H groups in total. The van der Waals surface area contributed by atoms with Gasteiger partial charge >= 0.3 is 0 Å². The Morgan fingerprint density at radius 1 is 1.13 bits per heavy atom. The van der Waals surface area contributed by atoms with Gasteiger partial charge < -0.3 is 15.4 Å². The molecule has 0 aliphatic carbocycles. The van der Waals surface area contributed by atoms with Crippen LogP contribution in [0.25, 0.3) is 22.2 Å². The van der Waals surface area contributed by atoms with E-state index in [1.807, 2.05) is 49.8 Å². The maximum absolute atomic E-state index is 9.68. The van der Waals surface area contributed by atoms with E-state index >= 15 is 0 Å². The molecule has 0 bridgehead atoms. The van der Waals surface area contributed by atoms with Crippen LogP contribution >= 0.6 is 0 Å². The van der Waals surface area contributed by atoms with E-state index in [0.29, 0.717) is 18.1 Å². The maximum Gasteiger partial charge on any atom is 0.213 e. The summed E-state index contributed by atoms with van der Waals surface area (Å²) in [6, 6.07) is 12.4. The molecule has 39 heavy (non-hydrogen) atoms. The molecule has 4 aromatic rings. The molecule has 5 heterocycles. The van der Waals surface area contributed by atoms with Crippen molar-refractivity contribution in [3.05, 3.63) is 78.0 Å². The summed E-state index contributed by atoms with van der Waals surface area (Å²) in [6.07, 6.45) is 10.4. The highest BCUT2D eigenvalue weighted by molar-refractivity contribution is 6.10. The summed E-state index contributed by atoms with van der Waals surface area (Å²) < 4.78 is 7.15. The molecule has 1 saturated heterocycles. The van der Waals surface area contributed by atoms with Gasteiger partial charge in [-0.05, 0) is 30.7 Å². The summed E-state index contributed by atoms with van der Waals surface area (Å²) in [6.45, 7) is 7.09. The van der Waals surface area contributed by atoms with E-state index in [2.05, 4.69) is 37.0 Å². The number of anilines is 1. The molecule has 1 fully saturated rings. The van der Waals surface area contributed by atoms with Crippen LogP contribution in [0.2, 0.25) is 0 Å². The number of ether oxygens (including phenoxy) is 1. The van der Waals surface area contributed by atoms with Crippen molar-refractivity contribution in [1.82, 2.24) is 24.5 Å². The minimum atomic E-state index is 0.502. The Balaban J connectivity index is 1.32. The Labute approximate surface area is 227 Å². The van der Waals surface area contributed by atoms with Crippen LogP contribution in [-0.2, 0) is 6.54 Å². The number of fused-ring (bicyclic) bond motifs is 1. The minimum Gasteiger partial charge on any atom is -0.478 e. The fourth-order valence-electron chi connectivity index (χ4n) is 4.80. The van der Waals surface area contributed by atoms with E-state index in [9.17, 15) is 5.26 Å². The van der Waals surface area contributed by atoms with Gasteiger partial charge in [-0.1, -0.05) is 6.07 Å². The largest absolute Gasteiger partial charge is 0.478 e. The molecule has 0 atom stereocenters. The molecule has 0 unspecified atom stereocenters. The quantitative estimate of drug-likeness (QED) is 0.350. The average molecular weight is 522 g/mol. The van der Waals surface area contributed by atoms with Gasteiger partial charge in [-0.3, -0.25) is 9.89 Å². The van der Waals surface area contributed by atoms with Crippen LogP contribution < -0.4 is 15.4 Å². The summed E-state index contributed by atoms with van der Waals surface area (Å²) in [5.41, 5.74) is 11.6. The highest BCUT2D eigenvalue weighted by Gasteiger charge is 2.19. The number of hydrogen-bond donors (Lipinski definition) is 1. The fourth-order valence-corrected chi connectivity index (χ4v) is 4.80. The van der Waals surface area contributed by atoms with Crippen molar-refractivity contribution in [3.8, 4) is 23.1 Å². The van der Waals surface area contributed by atoms with Gasteiger partial charge in [0, 0.05) is 99.1 Å². The molecule has 10 nitrogen and oxygen atoms in total. The van der Waals surface area contributed by atoms with Gasteiger partial charge in [-0.2, -0.15) is 10.4 Å². The highest BCUT2D eigenvalue weighted by Crippen LogP contribution is 2.30. The molecule has 198 valence electrons. The number of pyridine rings is 3. The number of hydrogen-bond acceptors (Lipinski definition) is 9. The molecule has 5 rings (SSSR count). The lowest BCUT2D eigenvalue weighted by molar-refractivity contribution is 0.248. The van der Waals surface area contributed by atoms with Crippen LogP contribution in [0.15, 0.2) is 66.3 Å². The second-order valence-corrected chi connectivity index (χ2v) is 9.22. The Morgan fingerprint density at radius 3 is 2.62 bits per heavy atom. The van der Waals surface area contributed by atoms with Crippen LogP contribution in [0.4, 0.5) is 5.82 Å². The number of nitrogens with two attached hydrogens (primary N) is 1. The van der Waals surface area contributed by atoms with Crippen LogP contribution in [0, 0.1) is 11.3 Å². The predicted molar refractivity (Wildman–Crippen MR) is 153 cm³/mol. The van der Waals surface area contributed by atoms with Crippen LogP contribution in [0.1, 0.15) is 23.6 Å². The zero-order valence-corrected chi connectivity index (χ0v) is 22.2. The molecule has 0 spiro atoms. The standard InChI is InChI=1S/C29H31N9O/c1-3-39-28-7-4-21(15-34-28)19-36-8-10-37(11-9-36)27-6-5-22(17-33-27)26-12-23(24(13-30)16-32-2)20-38-29(26)25(14-31)18-35-38/h4-7,12-13,15-18,20H,3,8-11,19,30H2,1-2H3. The second kappa shape index (κ2) is 11.8. The van der Waals surface area contributed by atoms with E-state index in [4.69, 9.17) is 15.5 Å². The summed E-state index contributed by atoms with van der Waals surface area (Å²) in [4.78, 5) is 18.0. The van der Waals surface area contributed by atoms with E-state index in [0.717, 1.165) is 66.3 Å². The van der Waals surface area contributed by atoms with E-state index in [1.165, 1.54) is 11.8 Å². The maximum atomic E-state index is 9.68. The number of aromatic nitrogens is 4. The number of allylic oxidation sites excluding steroid dienone is 1. The Hall–Kier alpha value is -4.75. The minimum absolute atomic E-state index is 0.502. The Morgan fingerprint density at radius 2 is 1.97 bits per heavy atom. The molecule has 4 aromatic heterocycles. The van der Waals surface area contributed by atoms with E-state index in [-0.39, 0.29) is 0 Å². The molecular formula is C29H31N9O. The molecule has 1 aliphatic rings. The number of piperazine rings is 1. The smallest absolute Gasteiger partial charge is 0.213 e. The number of aliphatic imine (C=N–C) groups is 1. The van der Waals surface area contributed by atoms with E-state index < -0.39 is 0 Å². The first-order chi connectivity index (χ1) is 19.1. The Bertz CT molecular complexity index is 1520. The Kier molecular flexibility index (Phi) is 7.80. The molecule has 0 saturated carbocycles.